The van der Waals surface area contributed by atoms with Crippen LogP contribution in [0.4, 0.5) is 0 Å². The summed E-state index contributed by atoms with van der Waals surface area (Å²) in [5.41, 5.74) is 6.41. The van der Waals surface area contributed by atoms with Gasteiger partial charge in [-0.15, -0.1) is 11.3 Å². The van der Waals surface area contributed by atoms with Gasteiger partial charge in [-0.05, 0) is 44.0 Å². The Labute approximate surface area is 157 Å². The minimum atomic E-state index is -0.372. The number of amides is 3. The topological polar surface area (TPSA) is 87.3 Å². The molecule has 2 aromatic rings. The molecule has 1 unspecified atom stereocenters. The predicted octanol–water partition coefficient (Wildman–Crippen LogP) is 2.59. The lowest BCUT2D eigenvalue weighted by molar-refractivity contribution is -0.122. The molecule has 0 aliphatic rings. The Morgan fingerprint density at radius 2 is 1.77 bits per heavy atom. The number of hydrazine groups is 1. The first-order valence-electron chi connectivity index (χ1n) is 8.45. The van der Waals surface area contributed by atoms with Crippen molar-refractivity contribution in [1.29, 1.82) is 0 Å². The van der Waals surface area contributed by atoms with E-state index >= 15 is 0 Å². The van der Waals surface area contributed by atoms with Crippen LogP contribution in [0.2, 0.25) is 0 Å². The van der Waals surface area contributed by atoms with Crippen molar-refractivity contribution in [3.63, 3.8) is 0 Å². The Balaban J connectivity index is 1.78. The predicted molar refractivity (Wildman–Crippen MR) is 102 cm³/mol. The zero-order chi connectivity index (χ0) is 19.1. The van der Waals surface area contributed by atoms with E-state index in [0.717, 1.165) is 16.9 Å². The molecule has 1 aromatic heterocycles. The van der Waals surface area contributed by atoms with Crippen LogP contribution in [0, 0.1) is 6.92 Å². The highest BCUT2D eigenvalue weighted by molar-refractivity contribution is 7.14. The molecule has 0 aliphatic carbocycles. The molecule has 1 heterocycles. The second-order valence-corrected chi connectivity index (χ2v) is 7.15. The third kappa shape index (κ3) is 5.42. The van der Waals surface area contributed by atoms with E-state index < -0.39 is 0 Å². The van der Waals surface area contributed by atoms with E-state index in [1.165, 1.54) is 11.3 Å². The zero-order valence-corrected chi connectivity index (χ0v) is 15.9. The van der Waals surface area contributed by atoms with Crippen LogP contribution >= 0.6 is 11.3 Å². The van der Waals surface area contributed by atoms with Gasteiger partial charge < -0.3 is 5.32 Å². The van der Waals surface area contributed by atoms with Crippen molar-refractivity contribution in [3.05, 3.63) is 57.3 Å². The van der Waals surface area contributed by atoms with Gasteiger partial charge in [-0.1, -0.05) is 25.1 Å². The van der Waals surface area contributed by atoms with Crippen LogP contribution in [-0.2, 0) is 11.2 Å². The second-order valence-electron chi connectivity index (χ2n) is 6.02. The molecule has 1 aromatic carbocycles. The highest BCUT2D eigenvalue weighted by Crippen LogP contribution is 2.21. The maximum Gasteiger partial charge on any atom is 0.279 e. The minimum Gasteiger partial charge on any atom is -0.349 e. The highest BCUT2D eigenvalue weighted by Gasteiger charge is 2.15. The summed E-state index contributed by atoms with van der Waals surface area (Å²) in [5.74, 6) is -0.952. The number of thiophene rings is 1. The molecule has 138 valence electrons. The lowest BCUT2D eigenvalue weighted by atomic mass is 10.2. The average molecular weight is 373 g/mol. The fraction of sp³-hybridized carbons (Fsp3) is 0.316. The molecule has 6 nitrogen and oxygen atoms in total. The van der Waals surface area contributed by atoms with Gasteiger partial charge in [0.05, 0.1) is 4.88 Å². The summed E-state index contributed by atoms with van der Waals surface area (Å²) in [6.45, 7) is 5.73. The number of hydrogen-bond acceptors (Lipinski definition) is 4. The standard InChI is InChI=1S/C19H23N3O3S/c1-4-15-12(2)10-16(26-15)19(25)22-21-17(23)11-13(3)20-18(24)14-8-6-5-7-9-14/h5-10,13H,4,11H2,1-3H3,(H,20,24)(H,21,23)(H,22,25). The fourth-order valence-corrected chi connectivity index (χ4v) is 3.46. The molecule has 2 rings (SSSR count). The molecule has 3 amide bonds. The van der Waals surface area contributed by atoms with Gasteiger partial charge in [0.25, 0.3) is 11.8 Å². The molecule has 0 aliphatic heterocycles. The molecule has 7 heteroatoms. The number of nitrogens with one attached hydrogen (secondary N) is 3. The van der Waals surface area contributed by atoms with Crippen LogP contribution in [0.25, 0.3) is 0 Å². The van der Waals surface area contributed by atoms with Crippen molar-refractivity contribution < 1.29 is 14.4 Å². The summed E-state index contributed by atoms with van der Waals surface area (Å²) >= 11 is 1.42. The maximum absolute atomic E-state index is 12.1. The summed E-state index contributed by atoms with van der Waals surface area (Å²) in [6.07, 6.45) is 0.928. The number of rotatable bonds is 6. The Kier molecular flexibility index (Phi) is 6.91. The van der Waals surface area contributed by atoms with E-state index in [1.807, 2.05) is 26.0 Å². The lowest BCUT2D eigenvalue weighted by Gasteiger charge is -2.14. The Hall–Kier alpha value is -2.67. The van der Waals surface area contributed by atoms with Gasteiger partial charge >= 0.3 is 0 Å². The van der Waals surface area contributed by atoms with Crippen molar-refractivity contribution in [2.24, 2.45) is 0 Å². The third-order valence-electron chi connectivity index (χ3n) is 3.79. The van der Waals surface area contributed by atoms with E-state index in [2.05, 4.69) is 16.2 Å². The molecule has 1 atom stereocenters. The van der Waals surface area contributed by atoms with Crippen molar-refractivity contribution in [1.82, 2.24) is 16.2 Å². The molecular formula is C19H23N3O3S. The minimum absolute atomic E-state index is 0.0581. The third-order valence-corrected chi connectivity index (χ3v) is 5.17. The van der Waals surface area contributed by atoms with Crippen LogP contribution in [-0.4, -0.2) is 23.8 Å². The molecule has 3 N–H and O–H groups in total. The van der Waals surface area contributed by atoms with Crippen molar-refractivity contribution in [3.8, 4) is 0 Å². The van der Waals surface area contributed by atoms with E-state index in [1.54, 1.807) is 31.2 Å². The summed E-state index contributed by atoms with van der Waals surface area (Å²) in [5, 5.41) is 2.75. The average Bonchev–Trinajstić information content (AvgIpc) is 3.01. The van der Waals surface area contributed by atoms with Gasteiger partial charge in [-0.25, -0.2) is 0 Å². The normalized spacial score (nSPS) is 11.5. The van der Waals surface area contributed by atoms with Crippen LogP contribution in [0.1, 0.15) is 50.7 Å². The second kappa shape index (κ2) is 9.15. The molecule has 0 radical (unpaired) electrons. The fourth-order valence-electron chi connectivity index (χ4n) is 2.45. The van der Waals surface area contributed by atoms with E-state index in [9.17, 15) is 14.4 Å². The smallest absolute Gasteiger partial charge is 0.279 e. The summed E-state index contributed by atoms with van der Waals surface area (Å²) < 4.78 is 0. The molecule has 0 bridgehead atoms. The first-order valence-corrected chi connectivity index (χ1v) is 9.26. The Morgan fingerprint density at radius 3 is 2.38 bits per heavy atom. The molecule has 0 fully saturated rings. The van der Waals surface area contributed by atoms with E-state index in [0.29, 0.717) is 10.4 Å². The van der Waals surface area contributed by atoms with Gasteiger partial charge in [-0.2, -0.15) is 0 Å². The maximum atomic E-state index is 12.1. The van der Waals surface area contributed by atoms with Crippen molar-refractivity contribution in [2.45, 2.75) is 39.7 Å². The van der Waals surface area contributed by atoms with Gasteiger partial charge in [0.15, 0.2) is 0 Å². The lowest BCUT2D eigenvalue weighted by Crippen LogP contribution is -2.44. The highest BCUT2D eigenvalue weighted by atomic mass is 32.1. The summed E-state index contributed by atoms with van der Waals surface area (Å²) in [6, 6.07) is 10.2. The summed E-state index contributed by atoms with van der Waals surface area (Å²) in [7, 11) is 0. The molecule has 26 heavy (non-hydrogen) atoms. The molecule has 0 saturated carbocycles. The van der Waals surface area contributed by atoms with E-state index in [-0.39, 0.29) is 30.2 Å². The van der Waals surface area contributed by atoms with Crippen LogP contribution < -0.4 is 16.2 Å². The van der Waals surface area contributed by atoms with Gasteiger partial charge in [0.1, 0.15) is 0 Å². The number of benzene rings is 1. The Morgan fingerprint density at radius 1 is 1.08 bits per heavy atom. The van der Waals surface area contributed by atoms with Crippen LogP contribution in [0.3, 0.4) is 0 Å². The number of hydrogen-bond donors (Lipinski definition) is 3. The van der Waals surface area contributed by atoms with Gasteiger partial charge in [-0.3, -0.25) is 25.2 Å². The van der Waals surface area contributed by atoms with Gasteiger partial charge in [0, 0.05) is 22.9 Å². The molecular weight excluding hydrogens is 350 g/mol. The van der Waals surface area contributed by atoms with Crippen molar-refractivity contribution in [2.75, 3.05) is 0 Å². The van der Waals surface area contributed by atoms with Gasteiger partial charge in [0.2, 0.25) is 5.91 Å². The Bertz CT molecular complexity index is 787. The quantitative estimate of drug-likeness (QED) is 0.680. The van der Waals surface area contributed by atoms with Crippen LogP contribution in [0.5, 0.6) is 0 Å². The largest absolute Gasteiger partial charge is 0.349 e. The van der Waals surface area contributed by atoms with Crippen LogP contribution in [0.15, 0.2) is 36.4 Å². The molecule has 0 spiro atoms. The first-order chi connectivity index (χ1) is 12.4. The van der Waals surface area contributed by atoms with Crippen molar-refractivity contribution >= 4 is 29.1 Å². The SMILES string of the molecule is CCc1sc(C(=O)NNC(=O)CC(C)NC(=O)c2ccccc2)cc1C. The molecule has 0 saturated heterocycles. The monoisotopic (exact) mass is 373 g/mol. The zero-order valence-electron chi connectivity index (χ0n) is 15.1. The number of carbonyl (C=O) groups excluding carboxylic acids is 3. The first kappa shape index (κ1) is 19.7. The summed E-state index contributed by atoms with van der Waals surface area (Å²) in [4.78, 5) is 37.8. The number of carbonyl (C=O) groups is 3. The number of aryl methyl sites for hydroxylation is 2. The van der Waals surface area contributed by atoms with E-state index in [4.69, 9.17) is 0 Å².